The SMILES string of the molecule is NC1(c2nc3ccc(C(F)(F)F)cc3[nH]2)CCCCCC1. The summed E-state index contributed by atoms with van der Waals surface area (Å²) >= 11 is 0. The van der Waals surface area contributed by atoms with Crippen LogP contribution in [0.3, 0.4) is 0 Å². The predicted molar refractivity (Wildman–Crippen MR) is 74.7 cm³/mol. The first-order chi connectivity index (χ1) is 9.88. The van der Waals surface area contributed by atoms with Crippen LogP contribution in [0.1, 0.15) is 49.9 Å². The molecule has 6 heteroatoms. The topological polar surface area (TPSA) is 54.7 Å². The van der Waals surface area contributed by atoms with E-state index < -0.39 is 17.3 Å². The number of hydrogen-bond donors (Lipinski definition) is 2. The average Bonchev–Trinajstić information content (AvgIpc) is 2.73. The number of rotatable bonds is 1. The Kier molecular flexibility index (Phi) is 3.43. The highest BCUT2D eigenvalue weighted by Gasteiger charge is 2.33. The van der Waals surface area contributed by atoms with Crippen molar-refractivity contribution in [1.82, 2.24) is 9.97 Å². The fourth-order valence-electron chi connectivity index (χ4n) is 3.02. The van der Waals surface area contributed by atoms with Crippen molar-refractivity contribution in [3.8, 4) is 0 Å². The first-order valence-corrected chi connectivity index (χ1v) is 7.25. The van der Waals surface area contributed by atoms with Crippen LogP contribution in [0.2, 0.25) is 0 Å². The quantitative estimate of drug-likeness (QED) is 0.779. The van der Waals surface area contributed by atoms with E-state index in [1.54, 1.807) is 0 Å². The van der Waals surface area contributed by atoms with E-state index in [1.165, 1.54) is 6.07 Å². The smallest absolute Gasteiger partial charge is 0.340 e. The molecule has 0 spiro atoms. The van der Waals surface area contributed by atoms with Gasteiger partial charge >= 0.3 is 6.18 Å². The number of aromatic nitrogens is 2. The molecular formula is C15H18F3N3. The van der Waals surface area contributed by atoms with Crippen LogP contribution in [-0.2, 0) is 11.7 Å². The van der Waals surface area contributed by atoms with Crippen LogP contribution in [0.5, 0.6) is 0 Å². The van der Waals surface area contributed by atoms with E-state index in [0.29, 0.717) is 16.9 Å². The highest BCUT2D eigenvalue weighted by molar-refractivity contribution is 5.76. The van der Waals surface area contributed by atoms with Gasteiger partial charge in [0.05, 0.1) is 22.1 Å². The molecule has 0 aliphatic heterocycles. The molecule has 1 heterocycles. The van der Waals surface area contributed by atoms with Crippen LogP contribution in [-0.4, -0.2) is 9.97 Å². The molecule has 3 rings (SSSR count). The van der Waals surface area contributed by atoms with E-state index in [2.05, 4.69) is 9.97 Å². The molecule has 1 aliphatic carbocycles. The molecule has 1 saturated carbocycles. The minimum Gasteiger partial charge on any atom is -0.340 e. The van der Waals surface area contributed by atoms with Gasteiger partial charge in [0, 0.05) is 0 Å². The second-order valence-electron chi connectivity index (χ2n) is 5.89. The van der Waals surface area contributed by atoms with Crippen molar-refractivity contribution in [2.75, 3.05) is 0 Å². The molecule has 1 fully saturated rings. The number of H-pyrrole nitrogens is 1. The Balaban J connectivity index is 2.00. The highest BCUT2D eigenvalue weighted by Crippen LogP contribution is 2.35. The van der Waals surface area contributed by atoms with Crippen LogP contribution < -0.4 is 5.73 Å². The van der Waals surface area contributed by atoms with Gasteiger partial charge in [-0.05, 0) is 31.0 Å². The maximum Gasteiger partial charge on any atom is 0.416 e. The van der Waals surface area contributed by atoms with Crippen LogP contribution in [0.25, 0.3) is 11.0 Å². The number of alkyl halides is 3. The van der Waals surface area contributed by atoms with Crippen molar-refractivity contribution in [3.05, 3.63) is 29.6 Å². The standard InChI is InChI=1S/C15H18F3N3/c16-15(17,18)10-5-6-11-12(9-10)21-13(20-11)14(19)7-3-1-2-4-8-14/h5-6,9H,1-4,7-8,19H2,(H,20,21). The van der Waals surface area contributed by atoms with Crippen LogP contribution in [0, 0.1) is 0 Å². The summed E-state index contributed by atoms with van der Waals surface area (Å²) in [6, 6.07) is 3.56. The molecule has 2 aromatic rings. The van der Waals surface area contributed by atoms with Gasteiger partial charge in [-0.3, -0.25) is 0 Å². The number of halogens is 3. The number of aromatic amines is 1. The van der Waals surface area contributed by atoms with Gasteiger partial charge in [0.1, 0.15) is 5.82 Å². The Morgan fingerprint density at radius 3 is 2.38 bits per heavy atom. The van der Waals surface area contributed by atoms with E-state index in [0.717, 1.165) is 50.7 Å². The number of nitrogens with one attached hydrogen (secondary N) is 1. The molecule has 0 radical (unpaired) electrons. The summed E-state index contributed by atoms with van der Waals surface area (Å²) in [5, 5.41) is 0. The van der Waals surface area contributed by atoms with E-state index >= 15 is 0 Å². The molecule has 1 aliphatic rings. The fourth-order valence-corrected chi connectivity index (χ4v) is 3.02. The average molecular weight is 297 g/mol. The van der Waals surface area contributed by atoms with Crippen molar-refractivity contribution in [2.45, 2.75) is 50.2 Å². The second-order valence-corrected chi connectivity index (χ2v) is 5.89. The lowest BCUT2D eigenvalue weighted by Crippen LogP contribution is -2.37. The summed E-state index contributed by atoms with van der Waals surface area (Å²) in [4.78, 5) is 7.44. The maximum atomic E-state index is 12.7. The number of nitrogens with two attached hydrogens (primary N) is 1. The minimum atomic E-state index is -4.35. The lowest BCUT2D eigenvalue weighted by molar-refractivity contribution is -0.137. The molecule has 0 bridgehead atoms. The molecule has 0 unspecified atom stereocenters. The van der Waals surface area contributed by atoms with Crippen LogP contribution >= 0.6 is 0 Å². The number of fused-ring (bicyclic) bond motifs is 1. The van der Waals surface area contributed by atoms with Crippen molar-refractivity contribution in [2.24, 2.45) is 5.73 Å². The fraction of sp³-hybridized carbons (Fsp3) is 0.533. The molecular weight excluding hydrogens is 279 g/mol. The zero-order valence-electron chi connectivity index (χ0n) is 11.6. The number of benzene rings is 1. The first-order valence-electron chi connectivity index (χ1n) is 7.25. The lowest BCUT2D eigenvalue weighted by atomic mass is 9.91. The van der Waals surface area contributed by atoms with E-state index in [9.17, 15) is 13.2 Å². The zero-order chi connectivity index (χ0) is 15.1. The Bertz CT molecular complexity index is 637. The summed E-state index contributed by atoms with van der Waals surface area (Å²) in [7, 11) is 0. The molecule has 3 nitrogen and oxygen atoms in total. The molecule has 0 saturated heterocycles. The third kappa shape index (κ3) is 2.77. The van der Waals surface area contributed by atoms with Gasteiger partial charge in [-0.2, -0.15) is 13.2 Å². The first kappa shape index (κ1) is 14.4. The van der Waals surface area contributed by atoms with Gasteiger partial charge < -0.3 is 10.7 Å². The van der Waals surface area contributed by atoms with Gasteiger partial charge in [-0.1, -0.05) is 25.7 Å². The molecule has 1 aromatic heterocycles. The predicted octanol–water partition coefficient (Wildman–Crippen LogP) is 4.09. The van der Waals surface area contributed by atoms with E-state index in [4.69, 9.17) is 5.73 Å². The van der Waals surface area contributed by atoms with E-state index in [1.807, 2.05) is 0 Å². The number of imidazole rings is 1. The van der Waals surface area contributed by atoms with Crippen molar-refractivity contribution < 1.29 is 13.2 Å². The highest BCUT2D eigenvalue weighted by atomic mass is 19.4. The Morgan fingerprint density at radius 1 is 1.10 bits per heavy atom. The third-order valence-corrected chi connectivity index (χ3v) is 4.28. The summed E-state index contributed by atoms with van der Waals surface area (Å²) in [5.41, 5.74) is 6.17. The molecule has 3 N–H and O–H groups in total. The maximum absolute atomic E-state index is 12.7. The van der Waals surface area contributed by atoms with Gasteiger partial charge in [-0.15, -0.1) is 0 Å². The molecule has 21 heavy (non-hydrogen) atoms. The summed E-state index contributed by atoms with van der Waals surface area (Å²) < 4.78 is 38.2. The van der Waals surface area contributed by atoms with Gasteiger partial charge in [0.2, 0.25) is 0 Å². The van der Waals surface area contributed by atoms with Gasteiger partial charge in [-0.25, -0.2) is 4.98 Å². The van der Waals surface area contributed by atoms with Crippen molar-refractivity contribution >= 4 is 11.0 Å². The minimum absolute atomic E-state index is 0.397. The number of hydrogen-bond acceptors (Lipinski definition) is 2. The molecule has 0 atom stereocenters. The normalized spacial score (nSPS) is 19.6. The van der Waals surface area contributed by atoms with Gasteiger partial charge in [0.25, 0.3) is 0 Å². The van der Waals surface area contributed by atoms with Crippen molar-refractivity contribution in [1.29, 1.82) is 0 Å². The second kappa shape index (κ2) is 5.02. The Hall–Kier alpha value is -1.56. The summed E-state index contributed by atoms with van der Waals surface area (Å²) in [6.45, 7) is 0. The molecule has 1 aromatic carbocycles. The third-order valence-electron chi connectivity index (χ3n) is 4.28. The Morgan fingerprint density at radius 2 is 1.76 bits per heavy atom. The largest absolute Gasteiger partial charge is 0.416 e. The van der Waals surface area contributed by atoms with E-state index in [-0.39, 0.29) is 0 Å². The number of nitrogens with zero attached hydrogens (tertiary/aromatic N) is 1. The van der Waals surface area contributed by atoms with Gasteiger partial charge in [0.15, 0.2) is 0 Å². The lowest BCUT2D eigenvalue weighted by Gasteiger charge is -2.25. The summed E-state index contributed by atoms with van der Waals surface area (Å²) in [5.74, 6) is 0.610. The van der Waals surface area contributed by atoms with Crippen LogP contribution in [0.4, 0.5) is 13.2 Å². The molecule has 114 valence electrons. The molecule has 0 amide bonds. The van der Waals surface area contributed by atoms with Crippen molar-refractivity contribution in [3.63, 3.8) is 0 Å². The zero-order valence-corrected chi connectivity index (χ0v) is 11.6. The Labute approximate surface area is 120 Å². The summed E-state index contributed by atoms with van der Waals surface area (Å²) in [6.07, 6.45) is 1.65. The van der Waals surface area contributed by atoms with Crippen LogP contribution in [0.15, 0.2) is 18.2 Å². The monoisotopic (exact) mass is 297 g/mol.